The van der Waals surface area contributed by atoms with Gasteiger partial charge in [0.15, 0.2) is 5.82 Å². The third kappa shape index (κ3) is 3.45. The first-order valence-electron chi connectivity index (χ1n) is 6.71. The highest BCUT2D eigenvalue weighted by molar-refractivity contribution is 7.99. The Morgan fingerprint density at radius 1 is 1.39 bits per heavy atom. The van der Waals surface area contributed by atoms with Gasteiger partial charge in [-0.1, -0.05) is 19.3 Å². The van der Waals surface area contributed by atoms with Crippen molar-refractivity contribution in [2.45, 2.75) is 50.3 Å². The summed E-state index contributed by atoms with van der Waals surface area (Å²) in [6.07, 6.45) is 6.39. The van der Waals surface area contributed by atoms with Gasteiger partial charge in [0.05, 0.1) is 17.9 Å². The van der Waals surface area contributed by atoms with Gasteiger partial charge in [-0.15, -0.1) is 16.9 Å². The molecule has 5 nitrogen and oxygen atoms in total. The van der Waals surface area contributed by atoms with Gasteiger partial charge in [-0.2, -0.15) is 0 Å². The Morgan fingerprint density at radius 3 is 2.89 bits per heavy atom. The van der Waals surface area contributed by atoms with Crippen LogP contribution in [0.25, 0.3) is 0 Å². The van der Waals surface area contributed by atoms with Crippen LogP contribution in [0.4, 0.5) is 0 Å². The number of ether oxygens (including phenoxy) is 1. The first-order chi connectivity index (χ1) is 8.83. The molecule has 0 N–H and O–H groups in total. The summed E-state index contributed by atoms with van der Waals surface area (Å²) in [7, 11) is 1.73. The molecular formula is C12H22N4OS. The predicted molar refractivity (Wildman–Crippen MR) is 72.7 cm³/mol. The Balaban J connectivity index is 1.97. The number of hydrogen-bond donors (Lipinski definition) is 0. The van der Waals surface area contributed by atoms with E-state index in [0.29, 0.717) is 11.3 Å². The van der Waals surface area contributed by atoms with Gasteiger partial charge < -0.3 is 4.74 Å². The van der Waals surface area contributed by atoms with E-state index in [4.69, 9.17) is 4.74 Å². The molecule has 18 heavy (non-hydrogen) atoms. The minimum absolute atomic E-state index is 0.331. The molecule has 0 aliphatic heterocycles. The van der Waals surface area contributed by atoms with Gasteiger partial charge in [0.1, 0.15) is 0 Å². The number of aromatic nitrogens is 4. The number of methoxy groups -OCH3 is 1. The third-order valence-corrected chi connectivity index (χ3v) is 4.57. The molecule has 2 rings (SSSR count). The predicted octanol–water partition coefficient (Wildman–Crippen LogP) is 2.62. The molecule has 1 aliphatic rings. The maximum Gasteiger partial charge on any atom is 0.164 e. The van der Waals surface area contributed by atoms with E-state index in [1.165, 1.54) is 32.1 Å². The van der Waals surface area contributed by atoms with Crippen molar-refractivity contribution in [1.29, 1.82) is 0 Å². The lowest BCUT2D eigenvalue weighted by molar-refractivity contribution is 0.218. The standard InChI is InChI=1S/C12H22N4OS/c1-10(18-9-8-17-2)12-13-14-15-16(12)11-6-4-3-5-7-11/h10-11H,3-9H2,1-2H3. The molecule has 0 bridgehead atoms. The lowest BCUT2D eigenvalue weighted by atomic mass is 9.95. The maximum absolute atomic E-state index is 5.08. The Bertz CT molecular complexity index is 352. The minimum Gasteiger partial charge on any atom is -0.384 e. The number of nitrogens with zero attached hydrogens (tertiary/aromatic N) is 4. The second kappa shape index (κ2) is 7.09. The molecule has 1 heterocycles. The fraction of sp³-hybridized carbons (Fsp3) is 0.917. The molecule has 1 atom stereocenters. The Hall–Kier alpha value is -0.620. The first-order valence-corrected chi connectivity index (χ1v) is 7.76. The summed E-state index contributed by atoms with van der Waals surface area (Å²) in [4.78, 5) is 0. The van der Waals surface area contributed by atoms with Crippen molar-refractivity contribution in [2.75, 3.05) is 19.5 Å². The van der Waals surface area contributed by atoms with Crippen LogP contribution in [0, 0.1) is 0 Å². The third-order valence-electron chi connectivity index (χ3n) is 3.46. The summed E-state index contributed by atoms with van der Waals surface area (Å²) in [5, 5.41) is 12.6. The molecule has 1 unspecified atom stereocenters. The SMILES string of the molecule is COCCSC(C)c1nnnn1C1CCCCC1. The van der Waals surface area contributed by atoms with E-state index in [2.05, 4.69) is 27.1 Å². The number of rotatable bonds is 6. The Labute approximate surface area is 113 Å². The smallest absolute Gasteiger partial charge is 0.164 e. The average Bonchev–Trinajstić information content (AvgIpc) is 2.89. The lowest BCUT2D eigenvalue weighted by Crippen LogP contribution is -2.17. The van der Waals surface area contributed by atoms with Crippen molar-refractivity contribution in [3.63, 3.8) is 0 Å². The zero-order valence-corrected chi connectivity index (χ0v) is 12.0. The molecule has 0 aromatic carbocycles. The van der Waals surface area contributed by atoms with Crippen LogP contribution in [-0.2, 0) is 4.74 Å². The van der Waals surface area contributed by atoms with E-state index < -0.39 is 0 Å². The van der Waals surface area contributed by atoms with Crippen LogP contribution in [0.15, 0.2) is 0 Å². The summed E-state index contributed by atoms with van der Waals surface area (Å²) in [6.45, 7) is 2.95. The van der Waals surface area contributed by atoms with Crippen molar-refractivity contribution in [1.82, 2.24) is 20.2 Å². The van der Waals surface area contributed by atoms with E-state index in [1.807, 2.05) is 11.8 Å². The van der Waals surface area contributed by atoms with Crippen LogP contribution in [0.3, 0.4) is 0 Å². The van der Waals surface area contributed by atoms with Crippen LogP contribution in [0.1, 0.15) is 56.1 Å². The molecule has 0 radical (unpaired) electrons. The molecule has 0 amide bonds. The molecule has 6 heteroatoms. The molecule has 1 aromatic rings. The van der Waals surface area contributed by atoms with Gasteiger partial charge in [0, 0.05) is 12.9 Å². The van der Waals surface area contributed by atoms with E-state index in [9.17, 15) is 0 Å². The molecule has 1 fully saturated rings. The van der Waals surface area contributed by atoms with Crippen LogP contribution >= 0.6 is 11.8 Å². The van der Waals surface area contributed by atoms with Gasteiger partial charge in [-0.3, -0.25) is 0 Å². The second-order valence-corrected chi connectivity index (χ2v) is 6.23. The van der Waals surface area contributed by atoms with Crippen molar-refractivity contribution in [3.8, 4) is 0 Å². The van der Waals surface area contributed by atoms with Gasteiger partial charge in [0.25, 0.3) is 0 Å². The zero-order chi connectivity index (χ0) is 12.8. The molecule has 1 aromatic heterocycles. The van der Waals surface area contributed by atoms with Gasteiger partial charge >= 0.3 is 0 Å². The van der Waals surface area contributed by atoms with Gasteiger partial charge in [-0.25, -0.2) is 4.68 Å². The number of tetrazole rings is 1. The summed E-state index contributed by atoms with van der Waals surface area (Å²) in [5.74, 6) is 2.00. The Kier molecular flexibility index (Phi) is 5.44. The van der Waals surface area contributed by atoms with Crippen molar-refractivity contribution >= 4 is 11.8 Å². The van der Waals surface area contributed by atoms with E-state index in [0.717, 1.165) is 18.2 Å². The summed E-state index contributed by atoms with van der Waals surface area (Å²) in [6, 6.07) is 0.509. The minimum atomic E-state index is 0.331. The average molecular weight is 270 g/mol. The zero-order valence-electron chi connectivity index (χ0n) is 11.2. The molecule has 0 saturated heterocycles. The monoisotopic (exact) mass is 270 g/mol. The van der Waals surface area contributed by atoms with Crippen molar-refractivity contribution in [2.24, 2.45) is 0 Å². The number of hydrogen-bond acceptors (Lipinski definition) is 5. The largest absolute Gasteiger partial charge is 0.384 e. The van der Waals surface area contributed by atoms with E-state index >= 15 is 0 Å². The van der Waals surface area contributed by atoms with E-state index in [1.54, 1.807) is 7.11 Å². The second-order valence-electron chi connectivity index (χ2n) is 4.78. The number of thioether (sulfide) groups is 1. The maximum atomic E-state index is 5.08. The van der Waals surface area contributed by atoms with Crippen LogP contribution in [-0.4, -0.2) is 39.7 Å². The van der Waals surface area contributed by atoms with Crippen molar-refractivity contribution < 1.29 is 4.74 Å². The molecule has 1 saturated carbocycles. The topological polar surface area (TPSA) is 52.8 Å². The van der Waals surface area contributed by atoms with Crippen LogP contribution < -0.4 is 0 Å². The van der Waals surface area contributed by atoms with Gasteiger partial charge in [-0.05, 0) is 30.2 Å². The van der Waals surface area contributed by atoms with Crippen molar-refractivity contribution in [3.05, 3.63) is 5.82 Å². The highest BCUT2D eigenvalue weighted by Gasteiger charge is 2.22. The fourth-order valence-corrected chi connectivity index (χ4v) is 3.36. The summed E-state index contributed by atoms with van der Waals surface area (Å²) < 4.78 is 7.14. The summed E-state index contributed by atoms with van der Waals surface area (Å²) >= 11 is 1.85. The Morgan fingerprint density at radius 2 is 2.17 bits per heavy atom. The van der Waals surface area contributed by atoms with E-state index in [-0.39, 0.29) is 0 Å². The first kappa shape index (κ1) is 13.8. The fourth-order valence-electron chi connectivity index (χ4n) is 2.44. The molecule has 1 aliphatic carbocycles. The normalized spacial score (nSPS) is 19.0. The van der Waals surface area contributed by atoms with Crippen LogP contribution in [0.2, 0.25) is 0 Å². The van der Waals surface area contributed by atoms with Crippen LogP contribution in [0.5, 0.6) is 0 Å². The molecule has 102 valence electrons. The quantitative estimate of drug-likeness (QED) is 0.744. The molecular weight excluding hydrogens is 248 g/mol. The van der Waals surface area contributed by atoms with Gasteiger partial charge in [0.2, 0.25) is 0 Å². The highest BCUT2D eigenvalue weighted by Crippen LogP contribution is 2.32. The molecule has 0 spiro atoms. The highest BCUT2D eigenvalue weighted by atomic mass is 32.2. The lowest BCUT2D eigenvalue weighted by Gasteiger charge is -2.23. The summed E-state index contributed by atoms with van der Waals surface area (Å²) in [5.41, 5.74) is 0.